The highest BCUT2D eigenvalue weighted by Gasteiger charge is 2.43. The average molecular weight is 238 g/mol. The molecule has 2 heterocycles. The normalized spacial score (nSPS) is 33.3. The molecule has 1 N–H and O–H groups in total. The van der Waals surface area contributed by atoms with Crippen molar-refractivity contribution in [3.8, 4) is 0 Å². The zero-order valence-corrected chi connectivity index (χ0v) is 11.3. The van der Waals surface area contributed by atoms with Gasteiger partial charge in [-0.15, -0.1) is 0 Å². The van der Waals surface area contributed by atoms with Crippen molar-refractivity contribution in [1.29, 1.82) is 0 Å². The molecule has 0 aromatic heterocycles. The Bertz CT molecular complexity index is 271. The summed E-state index contributed by atoms with van der Waals surface area (Å²) >= 11 is 0. The number of nitrogens with zero attached hydrogens (tertiary/aromatic N) is 1. The van der Waals surface area contributed by atoms with Crippen molar-refractivity contribution >= 4 is 5.91 Å². The van der Waals surface area contributed by atoms with E-state index in [1.807, 2.05) is 0 Å². The summed E-state index contributed by atoms with van der Waals surface area (Å²) in [5.41, 5.74) is -0.211. The van der Waals surface area contributed by atoms with Crippen molar-refractivity contribution in [3.63, 3.8) is 0 Å². The van der Waals surface area contributed by atoms with Crippen LogP contribution in [0.1, 0.15) is 52.4 Å². The molecule has 98 valence electrons. The van der Waals surface area contributed by atoms with E-state index in [-0.39, 0.29) is 5.54 Å². The van der Waals surface area contributed by atoms with Crippen LogP contribution in [0.4, 0.5) is 0 Å². The summed E-state index contributed by atoms with van der Waals surface area (Å²) in [4.78, 5) is 14.8. The fourth-order valence-electron chi connectivity index (χ4n) is 3.39. The molecule has 2 unspecified atom stereocenters. The SMILES string of the molecule is CCCC1(C(=O)N2CCC(CC)C2)CCCN1. The minimum absolute atomic E-state index is 0.211. The smallest absolute Gasteiger partial charge is 0.242 e. The molecule has 3 heteroatoms. The Kier molecular flexibility index (Phi) is 4.08. The van der Waals surface area contributed by atoms with Gasteiger partial charge in [0, 0.05) is 13.1 Å². The van der Waals surface area contributed by atoms with E-state index in [0.717, 1.165) is 51.2 Å². The first-order valence-corrected chi connectivity index (χ1v) is 7.26. The lowest BCUT2D eigenvalue weighted by molar-refractivity contribution is -0.137. The van der Waals surface area contributed by atoms with Crippen molar-refractivity contribution in [3.05, 3.63) is 0 Å². The molecule has 2 saturated heterocycles. The van der Waals surface area contributed by atoms with Crippen LogP contribution >= 0.6 is 0 Å². The number of likely N-dealkylation sites (tertiary alicyclic amines) is 1. The summed E-state index contributed by atoms with van der Waals surface area (Å²) in [7, 11) is 0. The molecule has 2 rings (SSSR count). The zero-order valence-electron chi connectivity index (χ0n) is 11.3. The highest BCUT2D eigenvalue weighted by Crippen LogP contribution is 2.30. The van der Waals surface area contributed by atoms with Gasteiger partial charge in [-0.25, -0.2) is 0 Å². The van der Waals surface area contributed by atoms with E-state index < -0.39 is 0 Å². The number of hydrogen-bond acceptors (Lipinski definition) is 2. The molecule has 17 heavy (non-hydrogen) atoms. The number of hydrogen-bond donors (Lipinski definition) is 1. The minimum atomic E-state index is -0.211. The lowest BCUT2D eigenvalue weighted by Crippen LogP contribution is -2.54. The fourth-order valence-corrected chi connectivity index (χ4v) is 3.39. The van der Waals surface area contributed by atoms with Crippen LogP contribution in [0.3, 0.4) is 0 Å². The Balaban J connectivity index is 2.02. The molecule has 0 radical (unpaired) electrons. The molecule has 2 aliphatic rings. The van der Waals surface area contributed by atoms with E-state index in [4.69, 9.17) is 0 Å². The third-order valence-corrected chi connectivity index (χ3v) is 4.48. The van der Waals surface area contributed by atoms with Gasteiger partial charge in [0.15, 0.2) is 0 Å². The van der Waals surface area contributed by atoms with E-state index in [9.17, 15) is 4.79 Å². The molecule has 2 aliphatic heterocycles. The van der Waals surface area contributed by atoms with E-state index >= 15 is 0 Å². The maximum Gasteiger partial charge on any atom is 0.242 e. The van der Waals surface area contributed by atoms with Crippen molar-refractivity contribution in [2.24, 2.45) is 5.92 Å². The topological polar surface area (TPSA) is 32.3 Å². The largest absolute Gasteiger partial charge is 0.341 e. The van der Waals surface area contributed by atoms with Crippen LogP contribution in [-0.2, 0) is 4.79 Å². The molecular formula is C14H26N2O. The predicted molar refractivity (Wildman–Crippen MR) is 69.9 cm³/mol. The molecule has 0 spiro atoms. The second kappa shape index (κ2) is 5.38. The molecule has 1 amide bonds. The fraction of sp³-hybridized carbons (Fsp3) is 0.929. The lowest BCUT2D eigenvalue weighted by atomic mass is 9.90. The second-order valence-electron chi connectivity index (χ2n) is 5.68. The van der Waals surface area contributed by atoms with Gasteiger partial charge >= 0.3 is 0 Å². The van der Waals surface area contributed by atoms with Crippen LogP contribution in [0.2, 0.25) is 0 Å². The van der Waals surface area contributed by atoms with Crippen molar-refractivity contribution in [2.75, 3.05) is 19.6 Å². The van der Waals surface area contributed by atoms with Gasteiger partial charge in [-0.05, 0) is 38.1 Å². The quantitative estimate of drug-likeness (QED) is 0.814. The predicted octanol–water partition coefficient (Wildman–Crippen LogP) is 2.17. The third-order valence-electron chi connectivity index (χ3n) is 4.48. The number of nitrogens with one attached hydrogen (secondary N) is 1. The number of carbonyl (C=O) groups excluding carboxylic acids is 1. The molecule has 0 aromatic carbocycles. The summed E-state index contributed by atoms with van der Waals surface area (Å²) in [6, 6.07) is 0. The summed E-state index contributed by atoms with van der Waals surface area (Å²) in [6.45, 7) is 7.38. The molecule has 2 atom stereocenters. The Labute approximate surface area is 105 Å². The molecule has 0 aliphatic carbocycles. The summed E-state index contributed by atoms with van der Waals surface area (Å²) in [5, 5.41) is 3.49. The molecule has 0 saturated carbocycles. The van der Waals surface area contributed by atoms with Gasteiger partial charge in [0.05, 0.1) is 5.54 Å². The van der Waals surface area contributed by atoms with Crippen LogP contribution in [-0.4, -0.2) is 36.0 Å². The number of rotatable bonds is 4. The zero-order chi connectivity index (χ0) is 12.3. The molecular weight excluding hydrogens is 212 g/mol. The first-order valence-electron chi connectivity index (χ1n) is 7.26. The minimum Gasteiger partial charge on any atom is -0.341 e. The Morgan fingerprint density at radius 2 is 2.29 bits per heavy atom. The number of amides is 1. The van der Waals surface area contributed by atoms with Gasteiger partial charge in [-0.1, -0.05) is 26.7 Å². The average Bonchev–Trinajstić information content (AvgIpc) is 2.97. The van der Waals surface area contributed by atoms with E-state index in [1.54, 1.807) is 0 Å². The van der Waals surface area contributed by atoms with Gasteiger partial charge < -0.3 is 10.2 Å². The van der Waals surface area contributed by atoms with Crippen molar-refractivity contribution < 1.29 is 4.79 Å². The molecule has 2 fully saturated rings. The second-order valence-corrected chi connectivity index (χ2v) is 5.68. The standard InChI is InChI=1S/C14H26N2O/c1-3-7-14(8-5-9-15-14)13(17)16-10-6-12(4-2)11-16/h12,15H,3-11H2,1-2H3. The maximum atomic E-state index is 12.7. The Hall–Kier alpha value is -0.570. The van der Waals surface area contributed by atoms with Crippen molar-refractivity contribution in [2.45, 2.75) is 57.9 Å². The Morgan fingerprint density at radius 3 is 2.82 bits per heavy atom. The lowest BCUT2D eigenvalue weighted by Gasteiger charge is -2.32. The number of carbonyl (C=O) groups is 1. The summed E-state index contributed by atoms with van der Waals surface area (Å²) < 4.78 is 0. The van der Waals surface area contributed by atoms with E-state index in [2.05, 4.69) is 24.1 Å². The van der Waals surface area contributed by atoms with Crippen LogP contribution in [0, 0.1) is 5.92 Å². The van der Waals surface area contributed by atoms with Gasteiger partial charge in [-0.3, -0.25) is 4.79 Å². The molecule has 0 bridgehead atoms. The summed E-state index contributed by atoms with van der Waals surface area (Å²) in [6.07, 6.45) is 6.68. The van der Waals surface area contributed by atoms with E-state index in [1.165, 1.54) is 12.8 Å². The molecule has 0 aromatic rings. The maximum absolute atomic E-state index is 12.7. The molecule has 3 nitrogen and oxygen atoms in total. The van der Waals surface area contributed by atoms with Crippen LogP contribution in [0.5, 0.6) is 0 Å². The summed E-state index contributed by atoms with van der Waals surface area (Å²) in [5.74, 6) is 1.12. The highest BCUT2D eigenvalue weighted by atomic mass is 16.2. The third kappa shape index (κ3) is 2.49. The first-order chi connectivity index (χ1) is 8.22. The van der Waals surface area contributed by atoms with Gasteiger partial charge in [0.2, 0.25) is 5.91 Å². The van der Waals surface area contributed by atoms with Gasteiger partial charge in [0.25, 0.3) is 0 Å². The monoisotopic (exact) mass is 238 g/mol. The highest BCUT2D eigenvalue weighted by molar-refractivity contribution is 5.87. The Morgan fingerprint density at radius 1 is 1.47 bits per heavy atom. The first kappa shape index (κ1) is 12.9. The van der Waals surface area contributed by atoms with Gasteiger partial charge in [-0.2, -0.15) is 0 Å². The van der Waals surface area contributed by atoms with Crippen molar-refractivity contribution in [1.82, 2.24) is 10.2 Å². The van der Waals surface area contributed by atoms with Crippen LogP contribution < -0.4 is 5.32 Å². The van der Waals surface area contributed by atoms with Crippen LogP contribution in [0.25, 0.3) is 0 Å². The van der Waals surface area contributed by atoms with Gasteiger partial charge in [0.1, 0.15) is 0 Å². The van der Waals surface area contributed by atoms with E-state index in [0.29, 0.717) is 5.91 Å². The van der Waals surface area contributed by atoms with Crippen LogP contribution in [0.15, 0.2) is 0 Å².